The van der Waals surface area contributed by atoms with Crippen molar-refractivity contribution in [3.63, 3.8) is 0 Å². The molecule has 2 heteroatoms. The molecule has 0 N–H and O–H groups in total. The Morgan fingerprint density at radius 1 is 0.800 bits per heavy atom. The second-order valence-corrected chi connectivity index (χ2v) is 5.11. The van der Waals surface area contributed by atoms with E-state index >= 15 is 0 Å². The molecule has 0 aromatic carbocycles. The van der Waals surface area contributed by atoms with Gasteiger partial charge in [0.25, 0.3) is 0 Å². The second kappa shape index (κ2) is 12.8. The molecule has 0 heterocycles. The summed E-state index contributed by atoms with van der Waals surface area (Å²) < 4.78 is 5.57. The summed E-state index contributed by atoms with van der Waals surface area (Å²) in [6.07, 6.45) is 14.1. The molecule has 0 rings (SSSR count). The van der Waals surface area contributed by atoms with E-state index in [1.165, 1.54) is 87.1 Å². The van der Waals surface area contributed by atoms with Crippen molar-refractivity contribution in [1.82, 2.24) is 0 Å². The quantitative estimate of drug-likeness (QED) is 0.405. The fourth-order valence-electron chi connectivity index (χ4n) is 1.85. The third kappa shape index (κ3) is 11.0. The van der Waals surface area contributed by atoms with E-state index in [2.05, 4.69) is 13.8 Å². The molecule has 15 heavy (non-hydrogen) atoms. The van der Waals surface area contributed by atoms with Crippen LogP contribution >= 0.6 is 0 Å². The summed E-state index contributed by atoms with van der Waals surface area (Å²) in [5.74, 6) is 0. The van der Waals surface area contributed by atoms with Crippen LogP contribution in [0, 0.1) is 0 Å². The van der Waals surface area contributed by atoms with Gasteiger partial charge in [0, 0.05) is 0 Å². The first-order valence-corrected chi connectivity index (χ1v) is 7.84. The van der Waals surface area contributed by atoms with E-state index in [0.29, 0.717) is 6.10 Å². The van der Waals surface area contributed by atoms with E-state index in [0.717, 1.165) is 0 Å². The normalized spacial score (nSPS) is 13.0. The van der Waals surface area contributed by atoms with Crippen LogP contribution in [0.15, 0.2) is 0 Å². The van der Waals surface area contributed by atoms with Gasteiger partial charge in [0.2, 0.25) is 0 Å². The van der Waals surface area contributed by atoms with Gasteiger partial charge in [-0.1, -0.05) is 0 Å². The van der Waals surface area contributed by atoms with Crippen LogP contribution in [-0.2, 0) is 3.07 Å². The van der Waals surface area contributed by atoms with E-state index in [1.54, 1.807) is 0 Å². The molecule has 0 aliphatic heterocycles. The Kier molecular flexibility index (Phi) is 13.5. The fourth-order valence-corrected chi connectivity index (χ4v) is 2.52. The fraction of sp³-hybridized carbons (Fsp3) is 1.00. The molecular formula is C13H27OSn. The molecule has 89 valence electrons. The number of unbranched alkanes of at least 4 members (excludes halogenated alkanes) is 6. The van der Waals surface area contributed by atoms with Crippen LogP contribution < -0.4 is 0 Å². The third-order valence-electron chi connectivity index (χ3n) is 2.93. The molecule has 1 unspecified atom stereocenters. The summed E-state index contributed by atoms with van der Waals surface area (Å²) in [6.45, 7) is 4.53. The topological polar surface area (TPSA) is 9.23 Å². The van der Waals surface area contributed by atoms with Gasteiger partial charge < -0.3 is 0 Å². The molecule has 0 aromatic heterocycles. The Morgan fingerprint density at radius 3 is 1.93 bits per heavy atom. The zero-order valence-corrected chi connectivity index (χ0v) is 13.4. The Balaban J connectivity index is 3.22. The first-order chi connectivity index (χ1) is 7.35. The van der Waals surface area contributed by atoms with Crippen molar-refractivity contribution in [1.29, 1.82) is 0 Å². The van der Waals surface area contributed by atoms with Crippen molar-refractivity contribution in [2.75, 3.05) is 0 Å². The summed E-state index contributed by atoms with van der Waals surface area (Å²) in [7, 11) is 0. The second-order valence-electron chi connectivity index (χ2n) is 4.44. The average Bonchev–Trinajstić information content (AvgIpc) is 2.27. The van der Waals surface area contributed by atoms with Crippen molar-refractivity contribution >= 4 is 22.9 Å². The number of rotatable bonds is 11. The van der Waals surface area contributed by atoms with Gasteiger partial charge in [-0.3, -0.25) is 0 Å². The van der Waals surface area contributed by atoms with Crippen molar-refractivity contribution in [3.8, 4) is 0 Å². The SMILES string of the molecule is CCCCCCCCC(CCCC)[O][Sn]. The van der Waals surface area contributed by atoms with Gasteiger partial charge in [-0.25, -0.2) is 0 Å². The van der Waals surface area contributed by atoms with Crippen LogP contribution in [0.2, 0.25) is 0 Å². The van der Waals surface area contributed by atoms with E-state index in [4.69, 9.17) is 3.07 Å². The van der Waals surface area contributed by atoms with E-state index < -0.39 is 0 Å². The van der Waals surface area contributed by atoms with Crippen LogP contribution in [0.25, 0.3) is 0 Å². The van der Waals surface area contributed by atoms with Gasteiger partial charge in [-0.15, -0.1) is 0 Å². The summed E-state index contributed by atoms with van der Waals surface area (Å²) in [4.78, 5) is 0. The summed E-state index contributed by atoms with van der Waals surface area (Å²) in [5.41, 5.74) is 0. The Hall–Kier alpha value is 0.759. The molecule has 1 atom stereocenters. The molecule has 0 aliphatic rings. The third-order valence-corrected chi connectivity index (χ3v) is 3.88. The minimum absolute atomic E-state index is 0.564. The summed E-state index contributed by atoms with van der Waals surface area (Å²) in [5, 5.41) is 0. The zero-order chi connectivity index (χ0) is 11.4. The maximum atomic E-state index is 5.57. The Morgan fingerprint density at radius 2 is 1.33 bits per heavy atom. The number of hydrogen-bond donors (Lipinski definition) is 0. The van der Waals surface area contributed by atoms with Crippen molar-refractivity contribution in [2.45, 2.75) is 84.2 Å². The zero-order valence-electron chi connectivity index (χ0n) is 10.6. The molecule has 1 nitrogen and oxygen atoms in total. The van der Waals surface area contributed by atoms with Gasteiger partial charge in [-0.05, 0) is 0 Å². The van der Waals surface area contributed by atoms with E-state index in [9.17, 15) is 0 Å². The summed E-state index contributed by atoms with van der Waals surface area (Å²) in [6, 6.07) is 0. The molecule has 0 fully saturated rings. The predicted molar refractivity (Wildman–Crippen MR) is 68.1 cm³/mol. The minimum atomic E-state index is 0.564. The van der Waals surface area contributed by atoms with Gasteiger partial charge in [0.15, 0.2) is 0 Å². The van der Waals surface area contributed by atoms with Crippen LogP contribution in [0.5, 0.6) is 0 Å². The maximum absolute atomic E-state index is 5.57. The number of hydrogen-bond acceptors (Lipinski definition) is 1. The van der Waals surface area contributed by atoms with Crippen LogP contribution in [-0.4, -0.2) is 29.0 Å². The van der Waals surface area contributed by atoms with E-state index in [1.807, 2.05) is 0 Å². The Labute approximate surface area is 110 Å². The van der Waals surface area contributed by atoms with Gasteiger partial charge in [0.1, 0.15) is 0 Å². The Bertz CT molecular complexity index is 117. The predicted octanol–water partition coefficient (Wildman–Crippen LogP) is 4.40. The van der Waals surface area contributed by atoms with Crippen molar-refractivity contribution in [3.05, 3.63) is 0 Å². The van der Waals surface area contributed by atoms with Crippen molar-refractivity contribution in [2.24, 2.45) is 0 Å². The molecule has 0 bridgehead atoms. The average molecular weight is 318 g/mol. The molecule has 0 saturated heterocycles. The molecule has 0 amide bonds. The standard InChI is InChI=1S/C13H27O.Sn/c1-3-5-7-8-9-10-12-13(14)11-6-4-2;/h13H,3-12H2,1-2H3;/q-1;+1. The molecule has 3 radical (unpaired) electrons. The van der Waals surface area contributed by atoms with Crippen molar-refractivity contribution < 1.29 is 3.07 Å². The molecular weight excluding hydrogens is 291 g/mol. The monoisotopic (exact) mass is 319 g/mol. The first kappa shape index (κ1) is 15.8. The molecule has 0 aromatic rings. The molecule has 0 spiro atoms. The molecule has 0 saturated carbocycles. The van der Waals surface area contributed by atoms with Crippen LogP contribution in [0.4, 0.5) is 0 Å². The van der Waals surface area contributed by atoms with Gasteiger partial charge >= 0.3 is 110 Å². The molecule has 0 aliphatic carbocycles. The van der Waals surface area contributed by atoms with Crippen LogP contribution in [0.3, 0.4) is 0 Å². The van der Waals surface area contributed by atoms with E-state index in [-0.39, 0.29) is 0 Å². The van der Waals surface area contributed by atoms with Gasteiger partial charge in [0.05, 0.1) is 0 Å². The summed E-state index contributed by atoms with van der Waals surface area (Å²) >= 11 is 1.24. The van der Waals surface area contributed by atoms with Gasteiger partial charge in [-0.2, -0.15) is 0 Å². The van der Waals surface area contributed by atoms with Crippen LogP contribution in [0.1, 0.15) is 78.1 Å². The first-order valence-electron chi connectivity index (χ1n) is 6.67.